The van der Waals surface area contributed by atoms with E-state index in [1.165, 1.54) is 34.9 Å². The first kappa shape index (κ1) is 23.5. The minimum Gasteiger partial charge on any atom is -0.380 e. The van der Waals surface area contributed by atoms with Gasteiger partial charge in [-0.3, -0.25) is 14.7 Å². The summed E-state index contributed by atoms with van der Waals surface area (Å²) in [6, 6.07) is 10.6. The summed E-state index contributed by atoms with van der Waals surface area (Å²) < 4.78 is 21.3. The van der Waals surface area contributed by atoms with E-state index in [4.69, 9.17) is 16.3 Å². The van der Waals surface area contributed by atoms with Crippen LogP contribution in [0.2, 0.25) is 5.02 Å². The molecule has 178 valence electrons. The molecule has 1 fully saturated rings. The summed E-state index contributed by atoms with van der Waals surface area (Å²) in [6.07, 6.45) is -0.0883. The number of methoxy groups -OCH3 is 1. The normalized spacial score (nSPS) is 17.6. The Labute approximate surface area is 199 Å². The molecule has 11 heteroatoms. The zero-order chi connectivity index (χ0) is 24.4. The number of nitrogens with one attached hydrogen (secondary N) is 3. The van der Waals surface area contributed by atoms with Crippen LogP contribution in [-0.4, -0.2) is 52.4 Å². The number of carbonyl (C=O) groups is 2. The highest BCUT2D eigenvalue weighted by atomic mass is 35.5. The van der Waals surface area contributed by atoms with Crippen molar-refractivity contribution in [3.05, 3.63) is 75.4 Å². The summed E-state index contributed by atoms with van der Waals surface area (Å²) in [6.45, 7) is 1.91. The van der Waals surface area contributed by atoms with Gasteiger partial charge in [0.05, 0.1) is 17.5 Å². The van der Waals surface area contributed by atoms with Gasteiger partial charge in [-0.2, -0.15) is 0 Å². The van der Waals surface area contributed by atoms with Crippen LogP contribution in [0.5, 0.6) is 0 Å². The van der Waals surface area contributed by atoms with E-state index in [1.54, 1.807) is 31.2 Å². The highest BCUT2D eigenvalue weighted by molar-refractivity contribution is 6.30. The highest BCUT2D eigenvalue weighted by Crippen LogP contribution is 2.25. The lowest BCUT2D eigenvalue weighted by atomic mass is 10.1. The number of aromatic amines is 1. The van der Waals surface area contributed by atoms with E-state index < -0.39 is 23.8 Å². The van der Waals surface area contributed by atoms with E-state index >= 15 is 0 Å². The molecule has 1 saturated heterocycles. The van der Waals surface area contributed by atoms with Crippen molar-refractivity contribution in [3.63, 3.8) is 0 Å². The van der Waals surface area contributed by atoms with E-state index in [9.17, 15) is 18.8 Å². The van der Waals surface area contributed by atoms with Crippen LogP contribution in [0.1, 0.15) is 12.1 Å². The first-order chi connectivity index (χ1) is 16.2. The number of urea groups is 1. The molecule has 0 spiro atoms. The Kier molecular flexibility index (Phi) is 6.71. The molecule has 0 saturated carbocycles. The van der Waals surface area contributed by atoms with Crippen molar-refractivity contribution in [1.29, 1.82) is 0 Å². The topological polar surface area (TPSA) is 108 Å². The lowest BCUT2D eigenvalue weighted by Crippen LogP contribution is -2.45. The first-order valence-electron chi connectivity index (χ1n) is 10.5. The lowest BCUT2D eigenvalue weighted by molar-refractivity contribution is -0.119. The third-order valence-corrected chi connectivity index (χ3v) is 5.82. The average molecular weight is 488 g/mol. The molecular formula is C23H23ClFN5O4. The Morgan fingerprint density at radius 2 is 1.88 bits per heavy atom. The smallest absolute Gasteiger partial charge is 0.322 e. The maximum Gasteiger partial charge on any atom is 0.322 e. The molecule has 2 atom stereocenters. The molecule has 3 N–H and O–H groups in total. The first-order valence-corrected chi connectivity index (χ1v) is 10.9. The third-order valence-electron chi connectivity index (χ3n) is 5.57. The fourth-order valence-corrected chi connectivity index (χ4v) is 3.96. The zero-order valence-corrected chi connectivity index (χ0v) is 19.2. The molecule has 3 amide bonds. The number of rotatable bonds is 5. The van der Waals surface area contributed by atoms with Crippen molar-refractivity contribution < 1.29 is 18.7 Å². The van der Waals surface area contributed by atoms with Gasteiger partial charge in [0.15, 0.2) is 0 Å². The molecule has 1 aliphatic heterocycles. The summed E-state index contributed by atoms with van der Waals surface area (Å²) >= 11 is 5.88. The van der Waals surface area contributed by atoms with Gasteiger partial charge in [-0.15, -0.1) is 0 Å². The van der Waals surface area contributed by atoms with Crippen LogP contribution in [0, 0.1) is 12.7 Å². The van der Waals surface area contributed by atoms with Gasteiger partial charge in [0.2, 0.25) is 5.91 Å². The monoisotopic (exact) mass is 487 g/mol. The number of hydrogen-bond donors (Lipinski definition) is 3. The zero-order valence-electron chi connectivity index (χ0n) is 18.5. The maximum absolute atomic E-state index is 14.8. The molecule has 3 aromatic rings. The minimum absolute atomic E-state index is 0.0657. The number of hydrogen-bond acceptors (Lipinski definition) is 4. The van der Waals surface area contributed by atoms with Crippen LogP contribution in [0.3, 0.4) is 0 Å². The number of amides is 3. The Bertz CT molecular complexity index is 1270. The second-order valence-electron chi connectivity index (χ2n) is 7.96. The van der Waals surface area contributed by atoms with E-state index in [0.717, 1.165) is 6.07 Å². The van der Waals surface area contributed by atoms with Crippen LogP contribution in [0.15, 0.2) is 53.3 Å². The van der Waals surface area contributed by atoms with Crippen molar-refractivity contribution in [2.45, 2.75) is 25.5 Å². The third kappa shape index (κ3) is 4.97. The van der Waals surface area contributed by atoms with E-state index in [-0.39, 0.29) is 36.0 Å². The van der Waals surface area contributed by atoms with Crippen molar-refractivity contribution in [3.8, 4) is 5.69 Å². The van der Waals surface area contributed by atoms with Crippen LogP contribution in [0.25, 0.3) is 5.69 Å². The molecule has 4 rings (SSSR count). The molecule has 0 bridgehead atoms. The minimum atomic E-state index is -0.870. The molecule has 2 heterocycles. The molecular weight excluding hydrogens is 465 g/mol. The van der Waals surface area contributed by atoms with Crippen LogP contribution < -0.4 is 16.2 Å². The van der Waals surface area contributed by atoms with Gasteiger partial charge in [-0.05, 0) is 43.3 Å². The number of likely N-dealkylation sites (tertiary alicyclic amines) is 1. The van der Waals surface area contributed by atoms with Crippen molar-refractivity contribution in [2.75, 3.05) is 24.3 Å². The van der Waals surface area contributed by atoms with Crippen molar-refractivity contribution >= 4 is 34.9 Å². The van der Waals surface area contributed by atoms with Crippen LogP contribution in [0.4, 0.5) is 20.6 Å². The number of aromatic nitrogens is 2. The van der Waals surface area contributed by atoms with Gasteiger partial charge in [0, 0.05) is 48.6 Å². The molecule has 9 nitrogen and oxygen atoms in total. The SMILES string of the molecule is CO[C@@H]1C[C@H](C(=O)Nc2ccc(-n3[nH]c(C)cc3=O)cc2F)N(C(=O)Nc2ccc(Cl)cc2)C1. The highest BCUT2D eigenvalue weighted by Gasteiger charge is 2.40. The Morgan fingerprint density at radius 3 is 2.50 bits per heavy atom. The van der Waals surface area contributed by atoms with Crippen molar-refractivity contribution in [1.82, 2.24) is 14.7 Å². The van der Waals surface area contributed by atoms with Crippen LogP contribution >= 0.6 is 11.6 Å². The molecule has 34 heavy (non-hydrogen) atoms. The number of aryl methyl sites for hydroxylation is 1. The fraction of sp³-hybridized carbons (Fsp3) is 0.261. The fourth-order valence-electron chi connectivity index (χ4n) is 3.84. The second kappa shape index (κ2) is 9.70. The maximum atomic E-state index is 14.8. The summed E-state index contributed by atoms with van der Waals surface area (Å²) in [5, 5.41) is 8.63. The predicted molar refractivity (Wildman–Crippen MR) is 126 cm³/mol. The molecule has 0 aliphatic carbocycles. The Morgan fingerprint density at radius 1 is 1.15 bits per heavy atom. The number of nitrogens with zero attached hydrogens (tertiary/aromatic N) is 2. The van der Waals surface area contributed by atoms with E-state index in [1.807, 2.05) is 0 Å². The molecule has 1 aromatic heterocycles. The van der Waals surface area contributed by atoms with Crippen molar-refractivity contribution in [2.24, 2.45) is 0 Å². The standard InChI is InChI=1S/C23H23ClFN5O4/c1-13-9-21(31)30(28-13)16-7-8-19(18(25)10-16)27-22(32)20-11-17(34-2)12-29(20)23(33)26-15-5-3-14(24)4-6-15/h3-10,17,20,28H,11-12H2,1-2H3,(H,26,33)(H,27,32)/t17-,20-/m1/s1. The second-order valence-corrected chi connectivity index (χ2v) is 8.40. The quantitative estimate of drug-likeness (QED) is 0.511. The number of ether oxygens (including phenoxy) is 1. The van der Waals surface area contributed by atoms with Gasteiger partial charge in [0.1, 0.15) is 11.9 Å². The van der Waals surface area contributed by atoms with Gasteiger partial charge < -0.3 is 20.3 Å². The van der Waals surface area contributed by atoms with E-state index in [0.29, 0.717) is 16.4 Å². The van der Waals surface area contributed by atoms with Gasteiger partial charge in [0.25, 0.3) is 5.56 Å². The predicted octanol–water partition coefficient (Wildman–Crippen LogP) is 3.53. The Hall–Kier alpha value is -3.63. The number of benzene rings is 2. The molecule has 1 aliphatic rings. The summed E-state index contributed by atoms with van der Waals surface area (Å²) in [5.41, 5.74) is 1.05. The van der Waals surface area contributed by atoms with Crippen LogP contribution in [-0.2, 0) is 9.53 Å². The number of carbonyl (C=O) groups excluding carboxylic acids is 2. The van der Waals surface area contributed by atoms with Gasteiger partial charge in [-0.25, -0.2) is 13.9 Å². The largest absolute Gasteiger partial charge is 0.380 e. The summed E-state index contributed by atoms with van der Waals surface area (Å²) in [4.78, 5) is 39.2. The lowest BCUT2D eigenvalue weighted by Gasteiger charge is -2.24. The number of H-pyrrole nitrogens is 1. The Balaban J connectivity index is 1.50. The van der Waals surface area contributed by atoms with Gasteiger partial charge >= 0.3 is 6.03 Å². The molecule has 2 aromatic carbocycles. The summed E-state index contributed by atoms with van der Waals surface area (Å²) in [5.74, 6) is -1.27. The summed E-state index contributed by atoms with van der Waals surface area (Å²) in [7, 11) is 1.50. The van der Waals surface area contributed by atoms with E-state index in [2.05, 4.69) is 15.7 Å². The number of halogens is 2. The molecule has 0 unspecified atom stereocenters. The average Bonchev–Trinajstić information content (AvgIpc) is 3.39. The van der Waals surface area contributed by atoms with Gasteiger partial charge in [-0.1, -0.05) is 11.6 Å². The number of anilines is 2. The molecule has 0 radical (unpaired) electrons.